The molecule has 1 N–H and O–H groups in total. The summed E-state index contributed by atoms with van der Waals surface area (Å²) in [6, 6.07) is 0. The summed E-state index contributed by atoms with van der Waals surface area (Å²) in [5, 5.41) is 11.7. The van der Waals surface area contributed by atoms with Crippen LogP contribution in [-0.4, -0.2) is 47.8 Å². The predicted octanol–water partition coefficient (Wildman–Crippen LogP) is 2.46. The van der Waals surface area contributed by atoms with Gasteiger partial charge in [0, 0.05) is 33.7 Å². The lowest BCUT2D eigenvalue weighted by Gasteiger charge is -2.40. The monoisotopic (exact) mass is 303 g/mol. The molecule has 19 heavy (non-hydrogen) atoms. The Hall–Kier alpha value is -0.360. The highest BCUT2D eigenvalue weighted by molar-refractivity contribution is 7.16. The topological polar surface area (TPSA) is 39.6 Å². The molecule has 0 bridgehead atoms. The Balaban J connectivity index is 2.02. The molecule has 1 aromatic heterocycles. The van der Waals surface area contributed by atoms with E-state index < -0.39 is 5.60 Å². The summed E-state index contributed by atoms with van der Waals surface area (Å²) < 4.78 is 0. The number of likely N-dealkylation sites (tertiary alicyclic amines) is 1. The third-order valence-corrected chi connectivity index (χ3v) is 5.55. The third kappa shape index (κ3) is 3.40. The Morgan fingerprint density at radius 3 is 2.79 bits per heavy atom. The number of anilines is 1. The zero-order valence-electron chi connectivity index (χ0n) is 12.0. The molecule has 2 heterocycles. The first-order valence-corrected chi connectivity index (χ1v) is 7.76. The van der Waals surface area contributed by atoms with E-state index >= 15 is 0 Å². The highest BCUT2D eigenvalue weighted by atomic mass is 35.5. The van der Waals surface area contributed by atoms with E-state index in [1.54, 1.807) is 11.3 Å². The number of nitrogens with zero attached hydrogens (tertiary/aromatic N) is 3. The van der Waals surface area contributed by atoms with E-state index in [2.05, 4.69) is 16.8 Å². The molecule has 1 aromatic rings. The van der Waals surface area contributed by atoms with Crippen LogP contribution in [0.1, 0.15) is 25.1 Å². The van der Waals surface area contributed by atoms with Crippen molar-refractivity contribution in [1.82, 2.24) is 9.88 Å². The molecule has 1 aliphatic heterocycles. The summed E-state index contributed by atoms with van der Waals surface area (Å²) >= 11 is 7.84. The van der Waals surface area contributed by atoms with Crippen molar-refractivity contribution in [3.8, 4) is 0 Å². The van der Waals surface area contributed by atoms with E-state index in [9.17, 15) is 5.11 Å². The standard InChI is InChI=1S/C13H22ClN3OS/c1-9-7-17(6-5-13(9,2)18)8-10-11(14)15-12(19-10)16(3)4/h9,18H,5-8H2,1-4H3/t9-,13+/m1/s1. The van der Waals surface area contributed by atoms with Crippen molar-refractivity contribution in [2.75, 3.05) is 32.1 Å². The van der Waals surface area contributed by atoms with Gasteiger partial charge in [-0.1, -0.05) is 29.9 Å². The number of hydrogen-bond acceptors (Lipinski definition) is 5. The molecule has 0 amide bonds. The second-order valence-corrected chi connectivity index (χ2v) is 7.27. The molecule has 0 saturated carbocycles. The lowest BCUT2D eigenvalue weighted by atomic mass is 9.84. The molecule has 2 rings (SSSR count). The zero-order chi connectivity index (χ0) is 14.2. The molecule has 0 aromatic carbocycles. The first-order valence-electron chi connectivity index (χ1n) is 6.57. The van der Waals surface area contributed by atoms with Gasteiger partial charge in [-0.3, -0.25) is 4.90 Å². The lowest BCUT2D eigenvalue weighted by Crippen LogP contribution is -2.48. The summed E-state index contributed by atoms with van der Waals surface area (Å²) in [5.41, 5.74) is -0.539. The maximum Gasteiger partial charge on any atom is 0.186 e. The van der Waals surface area contributed by atoms with E-state index in [0.29, 0.717) is 5.15 Å². The number of piperidine rings is 1. The summed E-state index contributed by atoms with van der Waals surface area (Å²) in [7, 11) is 3.94. The molecule has 0 unspecified atom stereocenters. The number of hydrogen-bond donors (Lipinski definition) is 1. The minimum Gasteiger partial charge on any atom is -0.390 e. The van der Waals surface area contributed by atoms with Crippen LogP contribution in [-0.2, 0) is 6.54 Å². The molecule has 2 atom stereocenters. The van der Waals surface area contributed by atoms with Gasteiger partial charge in [-0.15, -0.1) is 0 Å². The SMILES string of the molecule is C[C@@H]1CN(Cc2sc(N(C)C)nc2Cl)CC[C@]1(C)O. The molecule has 1 aliphatic rings. The highest BCUT2D eigenvalue weighted by Crippen LogP contribution is 2.32. The minimum atomic E-state index is -0.539. The van der Waals surface area contributed by atoms with Gasteiger partial charge in [-0.2, -0.15) is 0 Å². The number of thiazole rings is 1. The van der Waals surface area contributed by atoms with Gasteiger partial charge in [-0.05, 0) is 19.3 Å². The lowest BCUT2D eigenvalue weighted by molar-refractivity contribution is -0.0521. The molecule has 0 radical (unpaired) electrons. The van der Waals surface area contributed by atoms with Crippen molar-refractivity contribution >= 4 is 28.1 Å². The smallest absolute Gasteiger partial charge is 0.186 e. The number of aromatic nitrogens is 1. The van der Waals surface area contributed by atoms with Gasteiger partial charge in [0.1, 0.15) is 5.15 Å². The van der Waals surface area contributed by atoms with Gasteiger partial charge in [-0.25, -0.2) is 4.98 Å². The quantitative estimate of drug-likeness (QED) is 0.931. The summed E-state index contributed by atoms with van der Waals surface area (Å²) in [6.45, 7) is 6.66. The van der Waals surface area contributed by atoms with Gasteiger partial charge < -0.3 is 10.0 Å². The molecule has 0 aliphatic carbocycles. The molecule has 1 fully saturated rings. The Morgan fingerprint density at radius 2 is 2.26 bits per heavy atom. The summed E-state index contributed by atoms with van der Waals surface area (Å²) in [4.78, 5) is 9.79. The van der Waals surface area contributed by atoms with Crippen LogP contribution in [0.3, 0.4) is 0 Å². The Kier molecular flexibility index (Phi) is 4.40. The van der Waals surface area contributed by atoms with Crippen molar-refractivity contribution < 1.29 is 5.11 Å². The molecule has 1 saturated heterocycles. The Bertz CT molecular complexity index is 447. The molecule has 108 valence electrons. The van der Waals surface area contributed by atoms with E-state index in [4.69, 9.17) is 11.6 Å². The van der Waals surface area contributed by atoms with Crippen molar-refractivity contribution in [3.05, 3.63) is 10.0 Å². The Labute approximate surface area is 124 Å². The normalized spacial score (nSPS) is 28.6. The van der Waals surface area contributed by atoms with Crippen LogP contribution < -0.4 is 4.90 Å². The maximum atomic E-state index is 10.2. The van der Waals surface area contributed by atoms with Gasteiger partial charge >= 0.3 is 0 Å². The van der Waals surface area contributed by atoms with Crippen molar-refractivity contribution in [2.45, 2.75) is 32.4 Å². The fraction of sp³-hybridized carbons (Fsp3) is 0.769. The van der Waals surface area contributed by atoms with E-state index in [1.807, 2.05) is 25.9 Å². The van der Waals surface area contributed by atoms with Crippen LogP contribution >= 0.6 is 22.9 Å². The largest absolute Gasteiger partial charge is 0.390 e. The number of halogens is 1. The fourth-order valence-electron chi connectivity index (χ4n) is 2.26. The number of rotatable bonds is 3. The second kappa shape index (κ2) is 5.56. The van der Waals surface area contributed by atoms with Gasteiger partial charge in [0.15, 0.2) is 5.13 Å². The summed E-state index contributed by atoms with van der Waals surface area (Å²) in [6.07, 6.45) is 0.811. The van der Waals surface area contributed by atoms with E-state index in [-0.39, 0.29) is 5.92 Å². The second-order valence-electron chi connectivity index (χ2n) is 5.85. The van der Waals surface area contributed by atoms with Crippen LogP contribution in [0.15, 0.2) is 0 Å². The third-order valence-electron chi connectivity index (χ3n) is 3.92. The van der Waals surface area contributed by atoms with Crippen LogP contribution in [0.25, 0.3) is 0 Å². The average molecular weight is 304 g/mol. The van der Waals surface area contributed by atoms with Crippen molar-refractivity contribution in [2.24, 2.45) is 5.92 Å². The van der Waals surface area contributed by atoms with Crippen LogP contribution in [0.4, 0.5) is 5.13 Å². The molecule has 6 heteroatoms. The minimum absolute atomic E-state index is 0.279. The van der Waals surface area contributed by atoms with E-state index in [0.717, 1.165) is 36.1 Å². The van der Waals surface area contributed by atoms with Crippen LogP contribution in [0.5, 0.6) is 0 Å². The molecular formula is C13H22ClN3OS. The Morgan fingerprint density at radius 1 is 1.58 bits per heavy atom. The fourth-order valence-corrected chi connectivity index (χ4v) is 3.49. The van der Waals surface area contributed by atoms with Crippen molar-refractivity contribution in [1.29, 1.82) is 0 Å². The number of aliphatic hydroxyl groups is 1. The van der Waals surface area contributed by atoms with Crippen LogP contribution in [0.2, 0.25) is 5.15 Å². The first kappa shape index (κ1) is 15.0. The van der Waals surface area contributed by atoms with Gasteiger partial charge in [0.05, 0.1) is 10.5 Å². The zero-order valence-corrected chi connectivity index (χ0v) is 13.6. The maximum absolute atomic E-state index is 10.2. The highest BCUT2D eigenvalue weighted by Gasteiger charge is 2.34. The van der Waals surface area contributed by atoms with Gasteiger partial charge in [0.25, 0.3) is 0 Å². The van der Waals surface area contributed by atoms with E-state index in [1.165, 1.54) is 0 Å². The first-order chi connectivity index (χ1) is 8.79. The summed E-state index contributed by atoms with van der Waals surface area (Å²) in [5.74, 6) is 0.279. The van der Waals surface area contributed by atoms with Crippen LogP contribution in [0, 0.1) is 5.92 Å². The van der Waals surface area contributed by atoms with Crippen molar-refractivity contribution in [3.63, 3.8) is 0 Å². The molecular weight excluding hydrogens is 282 g/mol. The molecule has 0 spiro atoms. The average Bonchev–Trinajstić information content (AvgIpc) is 2.66. The molecule has 4 nitrogen and oxygen atoms in total. The van der Waals surface area contributed by atoms with Gasteiger partial charge in [0.2, 0.25) is 0 Å². The predicted molar refractivity (Wildman–Crippen MR) is 81.1 cm³/mol.